The topological polar surface area (TPSA) is 120 Å². The average molecular weight is 555 g/mol. The van der Waals surface area contributed by atoms with Crippen molar-refractivity contribution in [2.75, 3.05) is 31.4 Å². The lowest BCUT2D eigenvalue weighted by Gasteiger charge is -2.21. The SMILES string of the molecule is COC(=O)c1ccc([C@H](C)NC(=O)c2c(C)nn3c2N(Cc2cccc(CCCOS(C)(=O)=O)c2)CC3)cc1. The van der Waals surface area contributed by atoms with Crippen molar-refractivity contribution in [2.24, 2.45) is 0 Å². The Bertz CT molecular complexity index is 1450. The van der Waals surface area contributed by atoms with Crippen LogP contribution in [0.25, 0.3) is 0 Å². The molecule has 3 aromatic rings. The van der Waals surface area contributed by atoms with Crippen molar-refractivity contribution < 1.29 is 26.9 Å². The lowest BCUT2D eigenvalue weighted by atomic mass is 10.1. The Morgan fingerprint density at radius 1 is 1.10 bits per heavy atom. The molecule has 1 aliphatic rings. The highest BCUT2D eigenvalue weighted by atomic mass is 32.2. The van der Waals surface area contributed by atoms with Crippen molar-refractivity contribution in [3.63, 3.8) is 0 Å². The number of benzene rings is 2. The first-order valence-corrected chi connectivity index (χ1v) is 14.6. The molecule has 39 heavy (non-hydrogen) atoms. The van der Waals surface area contributed by atoms with Gasteiger partial charge in [0.05, 0.1) is 43.8 Å². The van der Waals surface area contributed by atoms with Gasteiger partial charge in [-0.15, -0.1) is 0 Å². The second kappa shape index (κ2) is 12.0. The molecule has 0 saturated carbocycles. The highest BCUT2D eigenvalue weighted by Gasteiger charge is 2.30. The first kappa shape index (κ1) is 28.3. The van der Waals surface area contributed by atoms with E-state index in [-0.39, 0.29) is 18.6 Å². The van der Waals surface area contributed by atoms with E-state index >= 15 is 0 Å². The molecule has 0 spiro atoms. The summed E-state index contributed by atoms with van der Waals surface area (Å²) in [5.74, 6) is 0.186. The molecule has 1 atom stereocenters. The van der Waals surface area contributed by atoms with Crippen LogP contribution in [0.15, 0.2) is 48.5 Å². The molecule has 0 bridgehead atoms. The van der Waals surface area contributed by atoms with Gasteiger partial charge in [-0.05, 0) is 55.5 Å². The molecular weight excluding hydrogens is 520 g/mol. The fraction of sp³-hybridized carbons (Fsp3) is 0.393. The number of anilines is 1. The van der Waals surface area contributed by atoms with Gasteiger partial charge in [0.1, 0.15) is 11.4 Å². The van der Waals surface area contributed by atoms with Gasteiger partial charge in [0.25, 0.3) is 16.0 Å². The van der Waals surface area contributed by atoms with Gasteiger partial charge in [0.15, 0.2) is 0 Å². The Hall–Kier alpha value is -3.70. The molecule has 0 unspecified atom stereocenters. The summed E-state index contributed by atoms with van der Waals surface area (Å²) in [6.07, 6.45) is 2.35. The maximum atomic E-state index is 13.4. The summed E-state index contributed by atoms with van der Waals surface area (Å²) >= 11 is 0. The van der Waals surface area contributed by atoms with Crippen LogP contribution in [0.3, 0.4) is 0 Å². The number of hydrogen-bond donors (Lipinski definition) is 1. The first-order chi connectivity index (χ1) is 18.6. The van der Waals surface area contributed by atoms with Crippen LogP contribution in [0.1, 0.15) is 62.5 Å². The van der Waals surface area contributed by atoms with Crippen LogP contribution in [0, 0.1) is 6.92 Å². The average Bonchev–Trinajstić information content (AvgIpc) is 3.43. The number of rotatable bonds is 11. The van der Waals surface area contributed by atoms with E-state index in [2.05, 4.69) is 21.4 Å². The van der Waals surface area contributed by atoms with E-state index in [4.69, 9.17) is 8.92 Å². The molecule has 0 saturated heterocycles. The van der Waals surface area contributed by atoms with Crippen molar-refractivity contribution in [3.8, 4) is 0 Å². The maximum Gasteiger partial charge on any atom is 0.337 e. The Balaban J connectivity index is 1.44. The molecule has 1 N–H and O–H groups in total. The standard InChI is InChI=1S/C28H34N4O6S/c1-19(23-10-12-24(13-11-23)28(34)37-3)29-26(33)25-20(2)30-32-15-14-31(27(25)32)18-22-8-5-7-21(17-22)9-6-16-38-39(4,35)36/h5,7-8,10-13,17,19H,6,9,14-16,18H2,1-4H3,(H,29,33)/t19-/m0/s1. The molecule has 10 nitrogen and oxygen atoms in total. The second-order valence-corrected chi connectivity index (χ2v) is 11.3. The number of nitrogens with one attached hydrogen (secondary N) is 1. The summed E-state index contributed by atoms with van der Waals surface area (Å²) < 4.78 is 33.8. The molecule has 2 aromatic carbocycles. The quantitative estimate of drug-likeness (QED) is 0.218. The normalized spacial score (nSPS) is 13.7. The highest BCUT2D eigenvalue weighted by molar-refractivity contribution is 7.85. The predicted molar refractivity (Wildman–Crippen MR) is 147 cm³/mol. The number of fused-ring (bicyclic) bond motifs is 1. The van der Waals surface area contributed by atoms with Crippen molar-refractivity contribution in [1.29, 1.82) is 0 Å². The fourth-order valence-electron chi connectivity index (χ4n) is 4.76. The molecule has 4 rings (SSSR count). The molecule has 1 amide bonds. The fourth-order valence-corrected chi connectivity index (χ4v) is 5.18. The number of hydrogen-bond acceptors (Lipinski definition) is 8. The van der Waals surface area contributed by atoms with Crippen LogP contribution in [-0.2, 0) is 38.5 Å². The smallest absolute Gasteiger partial charge is 0.337 e. The molecule has 2 heterocycles. The van der Waals surface area contributed by atoms with Gasteiger partial charge in [-0.2, -0.15) is 13.5 Å². The van der Waals surface area contributed by atoms with E-state index < -0.39 is 16.1 Å². The zero-order valence-corrected chi connectivity index (χ0v) is 23.5. The zero-order valence-electron chi connectivity index (χ0n) is 22.6. The number of nitrogens with zero attached hydrogens (tertiary/aromatic N) is 3. The second-order valence-electron chi connectivity index (χ2n) is 9.69. The Morgan fingerprint density at radius 2 is 1.82 bits per heavy atom. The lowest BCUT2D eigenvalue weighted by molar-refractivity contribution is 0.0600. The van der Waals surface area contributed by atoms with E-state index in [1.54, 1.807) is 24.3 Å². The molecule has 1 aromatic heterocycles. The minimum absolute atomic E-state index is 0.153. The van der Waals surface area contributed by atoms with E-state index in [0.717, 1.165) is 35.3 Å². The van der Waals surface area contributed by atoms with Crippen LogP contribution >= 0.6 is 0 Å². The maximum absolute atomic E-state index is 13.4. The van der Waals surface area contributed by atoms with Crippen LogP contribution < -0.4 is 10.2 Å². The summed E-state index contributed by atoms with van der Waals surface area (Å²) in [5.41, 5.74) is 4.73. The molecule has 1 aliphatic heterocycles. The molecule has 208 valence electrons. The predicted octanol–water partition coefficient (Wildman–Crippen LogP) is 3.40. The molecule has 0 radical (unpaired) electrons. The largest absolute Gasteiger partial charge is 0.465 e. The molecule has 0 fully saturated rings. The van der Waals surface area contributed by atoms with Gasteiger partial charge in [-0.25, -0.2) is 9.48 Å². The Labute approximate surface area is 229 Å². The monoisotopic (exact) mass is 554 g/mol. The third-order valence-electron chi connectivity index (χ3n) is 6.66. The molecular formula is C28H34N4O6S. The van der Waals surface area contributed by atoms with Crippen molar-refractivity contribution >= 4 is 27.8 Å². The number of amides is 1. The van der Waals surface area contributed by atoms with Gasteiger partial charge in [-0.1, -0.05) is 36.4 Å². The van der Waals surface area contributed by atoms with Crippen LogP contribution in [0.4, 0.5) is 5.82 Å². The minimum atomic E-state index is -3.43. The van der Waals surface area contributed by atoms with Crippen LogP contribution in [0.5, 0.6) is 0 Å². The van der Waals surface area contributed by atoms with Crippen LogP contribution in [0.2, 0.25) is 0 Å². The molecule has 11 heteroatoms. The highest BCUT2D eigenvalue weighted by Crippen LogP contribution is 2.30. The van der Waals surface area contributed by atoms with Gasteiger partial charge in [-0.3, -0.25) is 8.98 Å². The van der Waals surface area contributed by atoms with E-state index in [9.17, 15) is 18.0 Å². The first-order valence-electron chi connectivity index (χ1n) is 12.8. The van der Waals surface area contributed by atoms with Gasteiger partial charge >= 0.3 is 5.97 Å². The number of esters is 1. The Morgan fingerprint density at radius 3 is 2.51 bits per heavy atom. The van der Waals surface area contributed by atoms with E-state index in [1.165, 1.54) is 7.11 Å². The lowest BCUT2D eigenvalue weighted by Crippen LogP contribution is -2.29. The van der Waals surface area contributed by atoms with Crippen LogP contribution in [-0.4, -0.2) is 56.6 Å². The number of carbonyl (C=O) groups excluding carboxylic acids is 2. The summed E-state index contributed by atoms with van der Waals surface area (Å²) in [6.45, 7) is 5.93. The summed E-state index contributed by atoms with van der Waals surface area (Å²) in [7, 11) is -2.09. The summed E-state index contributed by atoms with van der Waals surface area (Å²) in [4.78, 5) is 27.3. The van der Waals surface area contributed by atoms with Crippen molar-refractivity contribution in [2.45, 2.75) is 45.8 Å². The Kier molecular flexibility index (Phi) is 8.71. The van der Waals surface area contributed by atoms with Gasteiger partial charge < -0.3 is 15.0 Å². The van der Waals surface area contributed by atoms with Crippen molar-refractivity contribution in [3.05, 3.63) is 82.0 Å². The van der Waals surface area contributed by atoms with Crippen molar-refractivity contribution in [1.82, 2.24) is 15.1 Å². The zero-order chi connectivity index (χ0) is 28.2. The van der Waals surface area contributed by atoms with Gasteiger partial charge in [0.2, 0.25) is 0 Å². The number of aryl methyl sites for hydroxylation is 2. The summed E-state index contributed by atoms with van der Waals surface area (Å²) in [5, 5.41) is 7.69. The number of aromatic nitrogens is 2. The molecule has 0 aliphatic carbocycles. The third kappa shape index (κ3) is 7.04. The number of ether oxygens (including phenoxy) is 1. The third-order valence-corrected chi connectivity index (χ3v) is 7.26. The minimum Gasteiger partial charge on any atom is -0.465 e. The summed E-state index contributed by atoms with van der Waals surface area (Å²) in [6, 6.07) is 14.8. The van der Waals surface area contributed by atoms with E-state index in [1.807, 2.05) is 36.7 Å². The number of methoxy groups -OCH3 is 1. The van der Waals surface area contributed by atoms with E-state index in [0.29, 0.717) is 42.8 Å². The number of carbonyl (C=O) groups is 2. The van der Waals surface area contributed by atoms with Gasteiger partial charge in [0, 0.05) is 13.1 Å².